The predicted molar refractivity (Wildman–Crippen MR) is 79.4 cm³/mol. The Labute approximate surface area is 127 Å². The summed E-state index contributed by atoms with van der Waals surface area (Å²) in [5.41, 5.74) is 5.80. The lowest BCUT2D eigenvalue weighted by Crippen LogP contribution is -2.41. The number of hydrogen-bond donors (Lipinski definition) is 1. The molecular weight excluding hydrogens is 286 g/mol. The van der Waals surface area contributed by atoms with E-state index in [0.29, 0.717) is 18.3 Å². The molecule has 1 saturated carbocycles. The normalized spacial score (nSPS) is 23.0. The van der Waals surface area contributed by atoms with Crippen molar-refractivity contribution in [2.75, 3.05) is 12.3 Å². The first-order valence-electron chi connectivity index (χ1n) is 7.23. The number of rotatable bonds is 3. The molecule has 1 atom stereocenters. The Bertz CT molecular complexity index is 648. The Morgan fingerprint density at radius 3 is 2.95 bits per heavy atom. The van der Waals surface area contributed by atoms with Gasteiger partial charge in [-0.05, 0) is 25.0 Å². The van der Waals surface area contributed by atoms with Crippen LogP contribution in [0.5, 0.6) is 5.75 Å². The van der Waals surface area contributed by atoms with Crippen LogP contribution in [0.15, 0.2) is 33.7 Å². The average molecular weight is 303 g/mol. The molecule has 110 valence electrons. The maximum atomic E-state index is 5.99. The molecule has 5 nitrogen and oxygen atoms in total. The van der Waals surface area contributed by atoms with Gasteiger partial charge in [-0.2, -0.15) is 4.98 Å². The van der Waals surface area contributed by atoms with E-state index >= 15 is 0 Å². The molecule has 21 heavy (non-hydrogen) atoms. The summed E-state index contributed by atoms with van der Waals surface area (Å²) in [6.45, 7) is 0.567. The fourth-order valence-corrected chi connectivity index (χ4v) is 3.82. The van der Waals surface area contributed by atoms with Crippen LogP contribution in [0.3, 0.4) is 0 Å². The van der Waals surface area contributed by atoms with Gasteiger partial charge in [-0.1, -0.05) is 23.7 Å². The van der Waals surface area contributed by atoms with E-state index in [4.69, 9.17) is 15.0 Å². The van der Waals surface area contributed by atoms with E-state index in [9.17, 15) is 0 Å². The van der Waals surface area contributed by atoms with E-state index in [1.54, 1.807) is 11.8 Å². The second-order valence-electron chi connectivity index (χ2n) is 5.66. The molecule has 1 fully saturated rings. The Kier molecular flexibility index (Phi) is 3.15. The smallest absolute Gasteiger partial charge is 0.234 e. The first kappa shape index (κ1) is 13.2. The highest BCUT2D eigenvalue weighted by molar-refractivity contribution is 7.99. The van der Waals surface area contributed by atoms with Gasteiger partial charge in [0, 0.05) is 17.2 Å². The van der Waals surface area contributed by atoms with E-state index in [-0.39, 0.29) is 11.5 Å². The summed E-state index contributed by atoms with van der Waals surface area (Å²) in [5, 5.41) is 4.13. The van der Waals surface area contributed by atoms with Crippen molar-refractivity contribution in [3.05, 3.63) is 36.0 Å². The van der Waals surface area contributed by atoms with Crippen molar-refractivity contribution in [3.63, 3.8) is 0 Å². The quantitative estimate of drug-likeness (QED) is 0.939. The van der Waals surface area contributed by atoms with Gasteiger partial charge in [0.25, 0.3) is 0 Å². The van der Waals surface area contributed by atoms with Crippen LogP contribution in [-0.4, -0.2) is 22.4 Å². The molecule has 1 aliphatic heterocycles. The minimum absolute atomic E-state index is 0.0923. The fraction of sp³-hybridized carbons (Fsp3) is 0.467. The summed E-state index contributed by atoms with van der Waals surface area (Å²) in [6.07, 6.45) is 3.10. The van der Waals surface area contributed by atoms with Gasteiger partial charge in [0.05, 0.1) is 5.41 Å². The van der Waals surface area contributed by atoms with Gasteiger partial charge < -0.3 is 15.0 Å². The lowest BCUT2D eigenvalue weighted by molar-refractivity contribution is 0.179. The molecule has 2 aliphatic rings. The number of thioether (sulfide) groups is 1. The van der Waals surface area contributed by atoms with Gasteiger partial charge in [-0.3, -0.25) is 0 Å². The molecular formula is C15H17N3O2S. The summed E-state index contributed by atoms with van der Waals surface area (Å²) in [6, 6.07) is 8.03. The van der Waals surface area contributed by atoms with Gasteiger partial charge in [0.2, 0.25) is 11.7 Å². The summed E-state index contributed by atoms with van der Waals surface area (Å²) in [7, 11) is 0. The highest BCUT2D eigenvalue weighted by Gasteiger charge is 2.43. The number of aromatic nitrogens is 2. The Morgan fingerprint density at radius 1 is 1.33 bits per heavy atom. The molecule has 4 rings (SSSR count). The molecule has 0 saturated heterocycles. The lowest BCUT2D eigenvalue weighted by Gasteiger charge is -2.36. The second kappa shape index (κ2) is 5.03. The van der Waals surface area contributed by atoms with Crippen LogP contribution in [-0.2, 0) is 5.41 Å². The maximum Gasteiger partial charge on any atom is 0.234 e. The zero-order valence-corrected chi connectivity index (χ0v) is 12.4. The third-order valence-electron chi connectivity index (χ3n) is 4.39. The standard InChI is InChI=1S/C15H17N3O2S/c16-9-15(6-3-7-15)14-17-13(18-20-14)11-8-21-12-5-2-1-4-10(12)19-11/h1-2,4-5,11H,3,6-9,16H2. The number of ether oxygens (including phenoxy) is 1. The Hall–Kier alpha value is -1.53. The molecule has 2 N–H and O–H groups in total. The molecule has 2 heterocycles. The Morgan fingerprint density at radius 2 is 2.19 bits per heavy atom. The number of hydrogen-bond acceptors (Lipinski definition) is 6. The van der Waals surface area contributed by atoms with E-state index in [1.807, 2.05) is 18.2 Å². The fourth-order valence-electron chi connectivity index (χ4n) is 2.84. The number of nitrogens with zero attached hydrogens (tertiary/aromatic N) is 2. The summed E-state index contributed by atoms with van der Waals surface area (Å²) in [4.78, 5) is 5.74. The van der Waals surface area contributed by atoms with Crippen molar-refractivity contribution < 1.29 is 9.26 Å². The molecule has 1 aromatic carbocycles. The van der Waals surface area contributed by atoms with Crippen LogP contribution in [0.25, 0.3) is 0 Å². The molecule has 0 bridgehead atoms. The molecule has 6 heteroatoms. The monoisotopic (exact) mass is 303 g/mol. The lowest BCUT2D eigenvalue weighted by atomic mass is 9.69. The topological polar surface area (TPSA) is 74.2 Å². The zero-order chi connectivity index (χ0) is 14.3. The van der Waals surface area contributed by atoms with E-state index in [1.165, 1.54) is 6.42 Å². The van der Waals surface area contributed by atoms with Gasteiger partial charge in [0.1, 0.15) is 5.75 Å². The van der Waals surface area contributed by atoms with Crippen molar-refractivity contribution in [1.82, 2.24) is 10.1 Å². The highest BCUT2D eigenvalue weighted by atomic mass is 32.2. The molecule has 0 radical (unpaired) electrons. The third-order valence-corrected chi connectivity index (χ3v) is 5.51. The van der Waals surface area contributed by atoms with Crippen molar-refractivity contribution in [3.8, 4) is 5.75 Å². The van der Waals surface area contributed by atoms with Gasteiger partial charge in [-0.15, -0.1) is 11.8 Å². The van der Waals surface area contributed by atoms with Crippen LogP contribution in [0, 0.1) is 0 Å². The minimum atomic E-state index is -0.155. The molecule has 1 unspecified atom stereocenters. The number of nitrogens with two attached hydrogens (primary N) is 1. The first-order valence-corrected chi connectivity index (χ1v) is 8.22. The summed E-state index contributed by atoms with van der Waals surface area (Å²) in [5.74, 6) is 3.00. The van der Waals surface area contributed by atoms with Crippen LogP contribution in [0.2, 0.25) is 0 Å². The van der Waals surface area contributed by atoms with Crippen LogP contribution in [0.4, 0.5) is 0 Å². The van der Waals surface area contributed by atoms with Gasteiger partial charge >= 0.3 is 0 Å². The van der Waals surface area contributed by atoms with Crippen molar-refractivity contribution in [1.29, 1.82) is 0 Å². The van der Waals surface area contributed by atoms with Crippen molar-refractivity contribution >= 4 is 11.8 Å². The van der Waals surface area contributed by atoms with E-state index in [0.717, 1.165) is 29.2 Å². The van der Waals surface area contributed by atoms with Crippen molar-refractivity contribution in [2.24, 2.45) is 5.73 Å². The van der Waals surface area contributed by atoms with Crippen LogP contribution >= 0.6 is 11.8 Å². The average Bonchev–Trinajstić information content (AvgIpc) is 2.96. The number of benzene rings is 1. The van der Waals surface area contributed by atoms with Gasteiger partial charge in [-0.25, -0.2) is 0 Å². The largest absolute Gasteiger partial charge is 0.480 e. The van der Waals surface area contributed by atoms with Gasteiger partial charge in [0.15, 0.2) is 6.10 Å². The van der Waals surface area contributed by atoms with Crippen molar-refractivity contribution in [2.45, 2.75) is 35.7 Å². The number of fused-ring (bicyclic) bond motifs is 1. The third kappa shape index (κ3) is 2.13. The first-order chi connectivity index (χ1) is 10.3. The molecule has 1 aliphatic carbocycles. The minimum Gasteiger partial charge on any atom is -0.480 e. The Balaban J connectivity index is 1.57. The summed E-state index contributed by atoms with van der Waals surface area (Å²) < 4.78 is 11.5. The molecule has 2 aromatic rings. The molecule has 1 aromatic heterocycles. The predicted octanol–water partition coefficient (Wildman–Crippen LogP) is 2.68. The van der Waals surface area contributed by atoms with Crippen LogP contribution in [0.1, 0.15) is 37.1 Å². The highest BCUT2D eigenvalue weighted by Crippen LogP contribution is 2.43. The second-order valence-corrected chi connectivity index (χ2v) is 6.72. The number of para-hydroxylation sites is 1. The molecule has 0 spiro atoms. The van der Waals surface area contributed by atoms with Crippen LogP contribution < -0.4 is 10.5 Å². The van der Waals surface area contributed by atoms with E-state index in [2.05, 4.69) is 16.2 Å². The summed E-state index contributed by atoms with van der Waals surface area (Å²) >= 11 is 1.76. The molecule has 0 amide bonds. The van der Waals surface area contributed by atoms with E-state index < -0.39 is 0 Å². The zero-order valence-electron chi connectivity index (χ0n) is 11.6. The SMILES string of the molecule is NCC1(c2nc(C3CSc4ccccc4O3)no2)CCC1. The maximum absolute atomic E-state index is 5.99.